The van der Waals surface area contributed by atoms with Gasteiger partial charge in [-0.15, -0.1) is 11.3 Å². The second kappa shape index (κ2) is 6.84. The molecule has 1 aromatic heterocycles. The Labute approximate surface area is 148 Å². The summed E-state index contributed by atoms with van der Waals surface area (Å²) in [6.07, 6.45) is 3.07. The van der Waals surface area contributed by atoms with E-state index in [9.17, 15) is 22.0 Å². The topological polar surface area (TPSA) is 63.2 Å². The molecule has 134 valence electrons. The number of fused-ring (bicyclic) bond motifs is 1. The molecule has 1 N–H and O–H groups in total. The third-order valence-corrected chi connectivity index (χ3v) is 6.86. The van der Waals surface area contributed by atoms with Crippen LogP contribution in [-0.4, -0.2) is 20.1 Å². The average molecular weight is 385 g/mol. The van der Waals surface area contributed by atoms with E-state index in [-0.39, 0.29) is 5.91 Å². The molecule has 0 fully saturated rings. The number of carbonyl (C=O) groups excluding carboxylic acids is 1. The van der Waals surface area contributed by atoms with Crippen LogP contribution in [0.15, 0.2) is 35.2 Å². The molecule has 0 saturated carbocycles. The number of anilines is 1. The van der Waals surface area contributed by atoms with E-state index in [4.69, 9.17) is 0 Å². The van der Waals surface area contributed by atoms with Crippen LogP contribution >= 0.6 is 11.3 Å². The first-order valence-corrected chi connectivity index (χ1v) is 10.2. The van der Waals surface area contributed by atoms with E-state index in [1.165, 1.54) is 33.9 Å². The molecule has 0 unspecified atom stereocenters. The van der Waals surface area contributed by atoms with Crippen LogP contribution in [0, 0.1) is 5.92 Å². The average Bonchev–Trinajstić information content (AvgIpc) is 2.98. The zero-order valence-corrected chi connectivity index (χ0v) is 15.1. The Kier molecular flexibility index (Phi) is 4.92. The number of nitrogens with one attached hydrogen (secondary N) is 1. The second-order valence-electron chi connectivity index (χ2n) is 6.19. The van der Waals surface area contributed by atoms with Crippen LogP contribution in [0.3, 0.4) is 0 Å². The maximum Gasteiger partial charge on any atom is 0.341 e. The SMILES string of the molecule is C[C@H]1CCc2sc(C(=O)Nc3ccc(S(=O)(=O)C(F)F)cc3)cc2C1. The highest BCUT2D eigenvalue weighted by atomic mass is 32.2. The minimum Gasteiger partial charge on any atom is -0.321 e. The van der Waals surface area contributed by atoms with Gasteiger partial charge in [0.2, 0.25) is 9.84 Å². The van der Waals surface area contributed by atoms with Crippen LogP contribution in [0.2, 0.25) is 0 Å². The Morgan fingerprint density at radius 1 is 1.28 bits per heavy atom. The number of carbonyl (C=O) groups is 1. The number of hydrogen-bond donors (Lipinski definition) is 1. The lowest BCUT2D eigenvalue weighted by molar-refractivity contribution is 0.103. The molecule has 0 spiro atoms. The Bertz CT molecular complexity index is 889. The summed E-state index contributed by atoms with van der Waals surface area (Å²) < 4.78 is 47.8. The van der Waals surface area contributed by atoms with Crippen LogP contribution in [0.25, 0.3) is 0 Å². The van der Waals surface area contributed by atoms with Crippen LogP contribution < -0.4 is 5.32 Å². The first-order chi connectivity index (χ1) is 11.8. The van der Waals surface area contributed by atoms with Gasteiger partial charge in [0.25, 0.3) is 5.91 Å². The van der Waals surface area contributed by atoms with Crippen LogP contribution in [0.5, 0.6) is 0 Å². The third-order valence-electron chi connectivity index (χ3n) is 4.23. The van der Waals surface area contributed by atoms with Crippen molar-refractivity contribution in [3.05, 3.63) is 45.6 Å². The van der Waals surface area contributed by atoms with Gasteiger partial charge in [-0.3, -0.25) is 4.79 Å². The van der Waals surface area contributed by atoms with Gasteiger partial charge in [-0.1, -0.05) is 6.92 Å². The zero-order chi connectivity index (χ0) is 18.2. The predicted molar refractivity (Wildman–Crippen MR) is 93.1 cm³/mol. The van der Waals surface area contributed by atoms with E-state index in [1.807, 2.05) is 6.07 Å². The quantitative estimate of drug-likeness (QED) is 0.861. The van der Waals surface area contributed by atoms with Crippen molar-refractivity contribution < 1.29 is 22.0 Å². The molecule has 8 heteroatoms. The number of benzene rings is 1. The molecule has 1 aliphatic rings. The highest BCUT2D eigenvalue weighted by molar-refractivity contribution is 7.91. The maximum absolute atomic E-state index is 12.5. The smallest absolute Gasteiger partial charge is 0.321 e. The van der Waals surface area contributed by atoms with Crippen LogP contribution in [0.4, 0.5) is 14.5 Å². The summed E-state index contributed by atoms with van der Waals surface area (Å²) in [7, 11) is -4.63. The van der Waals surface area contributed by atoms with E-state index >= 15 is 0 Å². The Morgan fingerprint density at radius 3 is 2.60 bits per heavy atom. The van der Waals surface area contributed by atoms with Crippen molar-refractivity contribution in [2.45, 2.75) is 36.8 Å². The summed E-state index contributed by atoms with van der Waals surface area (Å²) in [6, 6.07) is 6.66. The molecule has 4 nitrogen and oxygen atoms in total. The first kappa shape index (κ1) is 18.0. The first-order valence-electron chi connectivity index (χ1n) is 7.82. The number of aryl methyl sites for hydroxylation is 1. The lowest BCUT2D eigenvalue weighted by atomic mass is 9.90. The molecule has 2 aromatic rings. The minimum absolute atomic E-state index is 0.281. The fraction of sp³-hybridized carbons (Fsp3) is 0.353. The number of rotatable bonds is 4. The number of halogens is 2. The fourth-order valence-corrected chi connectivity index (χ4v) is 4.67. The summed E-state index contributed by atoms with van der Waals surface area (Å²) in [6.45, 7) is 2.19. The zero-order valence-electron chi connectivity index (χ0n) is 13.5. The molecular formula is C17H17F2NO3S2. The van der Waals surface area contributed by atoms with Gasteiger partial charge in [-0.25, -0.2) is 8.42 Å². The second-order valence-corrected chi connectivity index (χ2v) is 9.25. The Morgan fingerprint density at radius 2 is 1.96 bits per heavy atom. The van der Waals surface area contributed by atoms with Gasteiger partial charge in [-0.2, -0.15) is 8.78 Å². The van der Waals surface area contributed by atoms with Crippen molar-refractivity contribution in [3.8, 4) is 0 Å². The summed E-state index contributed by atoms with van der Waals surface area (Å²) in [5.41, 5.74) is 1.57. The van der Waals surface area contributed by atoms with E-state index in [2.05, 4.69) is 12.2 Å². The number of thiophene rings is 1. The van der Waals surface area contributed by atoms with Crippen LogP contribution in [-0.2, 0) is 22.7 Å². The molecule has 1 amide bonds. The van der Waals surface area contributed by atoms with Crippen molar-refractivity contribution in [2.75, 3.05) is 5.32 Å². The highest BCUT2D eigenvalue weighted by Gasteiger charge is 2.26. The minimum atomic E-state index is -4.63. The molecule has 0 bridgehead atoms. The number of sulfone groups is 1. The van der Waals surface area contributed by atoms with Crippen molar-refractivity contribution >= 4 is 32.8 Å². The Balaban J connectivity index is 1.74. The molecule has 1 aromatic carbocycles. The van der Waals surface area contributed by atoms with Crippen molar-refractivity contribution in [3.63, 3.8) is 0 Å². The third kappa shape index (κ3) is 3.74. The maximum atomic E-state index is 12.5. The summed E-state index contributed by atoms with van der Waals surface area (Å²) in [4.78, 5) is 13.7. The molecule has 1 atom stereocenters. The molecule has 0 saturated heterocycles. The molecular weight excluding hydrogens is 368 g/mol. The molecule has 0 radical (unpaired) electrons. The summed E-state index contributed by atoms with van der Waals surface area (Å²) in [5.74, 6) is -3.13. The molecule has 0 aliphatic heterocycles. The molecule has 3 rings (SSSR count). The lowest BCUT2D eigenvalue weighted by Crippen LogP contribution is -2.12. The van der Waals surface area contributed by atoms with Gasteiger partial charge in [0.15, 0.2) is 0 Å². The van der Waals surface area contributed by atoms with Crippen molar-refractivity contribution in [2.24, 2.45) is 5.92 Å². The predicted octanol–water partition coefficient (Wildman–Crippen LogP) is 4.12. The summed E-state index contributed by atoms with van der Waals surface area (Å²) >= 11 is 1.47. The highest BCUT2D eigenvalue weighted by Crippen LogP contribution is 2.32. The molecule has 25 heavy (non-hydrogen) atoms. The summed E-state index contributed by atoms with van der Waals surface area (Å²) in [5, 5.41) is 2.68. The number of alkyl halides is 2. The fourth-order valence-electron chi connectivity index (χ4n) is 2.84. The van der Waals surface area contributed by atoms with Gasteiger partial charge < -0.3 is 5.32 Å². The van der Waals surface area contributed by atoms with Crippen molar-refractivity contribution in [1.82, 2.24) is 0 Å². The standard InChI is InChI=1S/C17H17F2NO3S2/c1-10-2-7-14-11(8-10)9-15(24-14)16(21)20-12-3-5-13(6-4-12)25(22,23)17(18)19/h3-6,9-10,17H,2,7-8H2,1H3,(H,20,21)/t10-/m0/s1. The van der Waals surface area contributed by atoms with Gasteiger partial charge >= 0.3 is 5.76 Å². The van der Waals surface area contributed by atoms with E-state index < -0.39 is 20.5 Å². The molecule has 1 aliphatic carbocycles. The van der Waals surface area contributed by atoms with Gasteiger partial charge in [0, 0.05) is 10.6 Å². The van der Waals surface area contributed by atoms with Gasteiger partial charge in [0.05, 0.1) is 9.77 Å². The van der Waals surface area contributed by atoms with E-state index in [1.54, 1.807) is 0 Å². The largest absolute Gasteiger partial charge is 0.341 e. The monoisotopic (exact) mass is 385 g/mol. The van der Waals surface area contributed by atoms with Gasteiger partial charge in [-0.05, 0) is 61.1 Å². The Hall–Kier alpha value is -1.80. The van der Waals surface area contributed by atoms with Crippen molar-refractivity contribution in [1.29, 1.82) is 0 Å². The van der Waals surface area contributed by atoms with Gasteiger partial charge in [0.1, 0.15) is 0 Å². The number of hydrogen-bond acceptors (Lipinski definition) is 4. The van der Waals surface area contributed by atoms with E-state index in [0.29, 0.717) is 16.5 Å². The van der Waals surface area contributed by atoms with Crippen LogP contribution in [0.1, 0.15) is 33.5 Å². The molecule has 1 heterocycles. The lowest BCUT2D eigenvalue weighted by Gasteiger charge is -2.16. The normalized spacial score (nSPS) is 17.4. The number of amides is 1. The van der Waals surface area contributed by atoms with E-state index in [0.717, 1.165) is 31.4 Å².